The molecular formula is C17H20FNO. The number of hydrogen-bond acceptors (Lipinski definition) is 2. The molecule has 2 aromatic carbocycles. The second-order valence-electron chi connectivity index (χ2n) is 4.84. The van der Waals surface area contributed by atoms with Gasteiger partial charge in [-0.1, -0.05) is 42.5 Å². The van der Waals surface area contributed by atoms with E-state index < -0.39 is 0 Å². The minimum atomic E-state index is -0.183. The Morgan fingerprint density at radius 2 is 1.75 bits per heavy atom. The maximum Gasteiger partial charge on any atom is 0.126 e. The van der Waals surface area contributed by atoms with Crippen molar-refractivity contribution in [3.05, 3.63) is 71.0 Å². The van der Waals surface area contributed by atoms with Crippen LogP contribution in [-0.2, 0) is 4.74 Å². The van der Waals surface area contributed by atoms with Gasteiger partial charge in [-0.05, 0) is 36.7 Å². The first-order chi connectivity index (χ1) is 9.67. The normalized spacial score (nSPS) is 14.0. The van der Waals surface area contributed by atoms with Crippen molar-refractivity contribution < 1.29 is 9.13 Å². The second kappa shape index (κ2) is 6.64. The minimum absolute atomic E-state index is 0.0262. The van der Waals surface area contributed by atoms with Crippen molar-refractivity contribution in [2.45, 2.75) is 19.1 Å². The van der Waals surface area contributed by atoms with Gasteiger partial charge in [-0.3, -0.25) is 0 Å². The van der Waals surface area contributed by atoms with Gasteiger partial charge in [0.2, 0.25) is 0 Å². The predicted molar refractivity (Wildman–Crippen MR) is 79.1 cm³/mol. The molecule has 2 nitrogen and oxygen atoms in total. The van der Waals surface area contributed by atoms with Gasteiger partial charge in [0.25, 0.3) is 0 Å². The lowest BCUT2D eigenvalue weighted by Gasteiger charge is -2.27. The summed E-state index contributed by atoms with van der Waals surface area (Å²) in [5, 5.41) is 3.27. The first-order valence-electron chi connectivity index (χ1n) is 6.68. The molecule has 0 amide bonds. The lowest BCUT2D eigenvalue weighted by molar-refractivity contribution is 0.0701. The molecule has 0 heterocycles. The number of ether oxygens (including phenoxy) is 1. The summed E-state index contributed by atoms with van der Waals surface area (Å²) in [7, 11) is 3.58. The van der Waals surface area contributed by atoms with E-state index >= 15 is 0 Å². The molecule has 0 saturated carbocycles. The van der Waals surface area contributed by atoms with Crippen molar-refractivity contribution in [2.24, 2.45) is 0 Å². The maximum atomic E-state index is 13.4. The highest BCUT2D eigenvalue weighted by atomic mass is 19.1. The van der Waals surface area contributed by atoms with Crippen LogP contribution in [0.1, 0.15) is 28.8 Å². The van der Waals surface area contributed by atoms with E-state index in [0.717, 1.165) is 11.1 Å². The largest absolute Gasteiger partial charge is 0.375 e. The Morgan fingerprint density at radius 3 is 2.30 bits per heavy atom. The molecule has 2 aromatic rings. The van der Waals surface area contributed by atoms with Gasteiger partial charge in [-0.2, -0.15) is 0 Å². The third kappa shape index (κ3) is 3.06. The van der Waals surface area contributed by atoms with Crippen LogP contribution in [0, 0.1) is 12.7 Å². The van der Waals surface area contributed by atoms with E-state index in [1.807, 2.05) is 43.4 Å². The van der Waals surface area contributed by atoms with E-state index in [-0.39, 0.29) is 18.0 Å². The Hall–Kier alpha value is -1.71. The number of hydrogen-bond donors (Lipinski definition) is 1. The van der Waals surface area contributed by atoms with Gasteiger partial charge in [-0.15, -0.1) is 0 Å². The molecule has 2 unspecified atom stereocenters. The molecule has 20 heavy (non-hydrogen) atoms. The average Bonchev–Trinajstić information content (AvgIpc) is 2.48. The molecule has 106 valence electrons. The van der Waals surface area contributed by atoms with E-state index in [0.29, 0.717) is 5.56 Å². The number of likely N-dealkylation sites (N-methyl/N-ethyl adjacent to an activating group) is 1. The number of nitrogens with one attached hydrogen (secondary N) is 1. The smallest absolute Gasteiger partial charge is 0.126 e. The summed E-state index contributed by atoms with van der Waals surface area (Å²) in [6, 6.07) is 15.2. The Kier molecular flexibility index (Phi) is 4.88. The summed E-state index contributed by atoms with van der Waals surface area (Å²) in [5.41, 5.74) is 2.75. The molecule has 0 bridgehead atoms. The fourth-order valence-electron chi connectivity index (χ4n) is 2.46. The molecule has 2 rings (SSSR count). The summed E-state index contributed by atoms with van der Waals surface area (Å²) in [6.45, 7) is 1.77. The monoisotopic (exact) mass is 273 g/mol. The van der Waals surface area contributed by atoms with Gasteiger partial charge < -0.3 is 10.1 Å². The standard InChI is InChI=1S/C17H20FNO/c1-12-11-14(9-10-15(12)18)16(19-2)17(20-3)13-7-5-4-6-8-13/h4-11,16-17,19H,1-3H3. The van der Waals surface area contributed by atoms with Gasteiger partial charge in [0.1, 0.15) is 11.9 Å². The van der Waals surface area contributed by atoms with Crippen molar-refractivity contribution >= 4 is 0 Å². The summed E-state index contributed by atoms with van der Waals surface area (Å²) in [6.07, 6.45) is -0.119. The van der Waals surface area contributed by atoms with Gasteiger partial charge in [0.05, 0.1) is 6.04 Å². The van der Waals surface area contributed by atoms with E-state index in [1.54, 1.807) is 20.1 Å². The molecule has 0 aliphatic carbocycles. The second-order valence-corrected chi connectivity index (χ2v) is 4.84. The predicted octanol–water partition coefficient (Wildman–Crippen LogP) is 3.78. The summed E-state index contributed by atoms with van der Waals surface area (Å²) < 4.78 is 19.1. The van der Waals surface area contributed by atoms with Crippen LogP contribution in [0.4, 0.5) is 4.39 Å². The van der Waals surface area contributed by atoms with Gasteiger partial charge in [0.15, 0.2) is 0 Å². The minimum Gasteiger partial charge on any atom is -0.375 e. The van der Waals surface area contributed by atoms with E-state index in [9.17, 15) is 4.39 Å². The molecule has 0 saturated heterocycles. The Bertz CT molecular complexity index is 556. The lowest BCUT2D eigenvalue weighted by atomic mass is 9.94. The highest BCUT2D eigenvalue weighted by Crippen LogP contribution is 2.31. The quantitative estimate of drug-likeness (QED) is 0.895. The molecule has 0 fully saturated rings. The number of halogens is 1. The molecule has 3 heteroatoms. The van der Waals surface area contributed by atoms with Crippen molar-refractivity contribution in [1.29, 1.82) is 0 Å². The maximum absolute atomic E-state index is 13.4. The van der Waals surface area contributed by atoms with Crippen molar-refractivity contribution in [1.82, 2.24) is 5.32 Å². The molecule has 2 atom stereocenters. The van der Waals surface area contributed by atoms with E-state index in [1.165, 1.54) is 6.07 Å². The van der Waals surface area contributed by atoms with Crippen LogP contribution in [-0.4, -0.2) is 14.2 Å². The summed E-state index contributed by atoms with van der Waals surface area (Å²) >= 11 is 0. The molecule has 0 aromatic heterocycles. The van der Waals surface area contributed by atoms with Crippen LogP contribution in [0.3, 0.4) is 0 Å². The van der Waals surface area contributed by atoms with Gasteiger partial charge in [0, 0.05) is 7.11 Å². The topological polar surface area (TPSA) is 21.3 Å². The van der Waals surface area contributed by atoms with Crippen LogP contribution in [0.25, 0.3) is 0 Å². The first-order valence-corrected chi connectivity index (χ1v) is 6.68. The third-order valence-electron chi connectivity index (χ3n) is 3.54. The Labute approximate surface area is 119 Å². The lowest BCUT2D eigenvalue weighted by Crippen LogP contribution is -2.25. The number of aryl methyl sites for hydroxylation is 1. The Morgan fingerprint density at radius 1 is 1.05 bits per heavy atom. The van der Waals surface area contributed by atoms with Crippen LogP contribution >= 0.6 is 0 Å². The zero-order valence-electron chi connectivity index (χ0n) is 12.1. The molecule has 0 aliphatic heterocycles. The van der Waals surface area contributed by atoms with Crippen molar-refractivity contribution in [2.75, 3.05) is 14.2 Å². The third-order valence-corrected chi connectivity index (χ3v) is 3.54. The van der Waals surface area contributed by atoms with Gasteiger partial charge in [-0.25, -0.2) is 4.39 Å². The van der Waals surface area contributed by atoms with E-state index in [4.69, 9.17) is 4.74 Å². The van der Waals surface area contributed by atoms with Gasteiger partial charge >= 0.3 is 0 Å². The number of methoxy groups -OCH3 is 1. The highest BCUT2D eigenvalue weighted by molar-refractivity contribution is 5.30. The average molecular weight is 273 g/mol. The van der Waals surface area contributed by atoms with Crippen LogP contribution in [0.15, 0.2) is 48.5 Å². The van der Waals surface area contributed by atoms with Crippen molar-refractivity contribution in [3.63, 3.8) is 0 Å². The summed E-state index contributed by atoms with van der Waals surface area (Å²) in [5.74, 6) is -0.183. The first kappa shape index (κ1) is 14.7. The molecule has 0 aliphatic rings. The fourth-order valence-corrected chi connectivity index (χ4v) is 2.46. The van der Waals surface area contributed by atoms with Crippen LogP contribution < -0.4 is 5.32 Å². The fraction of sp³-hybridized carbons (Fsp3) is 0.294. The number of rotatable bonds is 5. The number of benzene rings is 2. The van der Waals surface area contributed by atoms with Crippen LogP contribution in [0.2, 0.25) is 0 Å². The Balaban J connectivity index is 2.36. The molecule has 1 N–H and O–H groups in total. The van der Waals surface area contributed by atoms with Crippen LogP contribution in [0.5, 0.6) is 0 Å². The van der Waals surface area contributed by atoms with E-state index in [2.05, 4.69) is 5.32 Å². The SMILES string of the molecule is CNC(c1ccc(F)c(C)c1)C(OC)c1ccccc1. The zero-order chi connectivity index (χ0) is 14.5. The summed E-state index contributed by atoms with van der Waals surface area (Å²) in [4.78, 5) is 0. The van der Waals surface area contributed by atoms with Crippen molar-refractivity contribution in [3.8, 4) is 0 Å². The highest BCUT2D eigenvalue weighted by Gasteiger charge is 2.23. The molecule has 0 radical (unpaired) electrons. The zero-order valence-corrected chi connectivity index (χ0v) is 12.1. The molecule has 0 spiro atoms. The molecular weight excluding hydrogens is 253 g/mol.